The average molecular weight is 815 g/mol. The Morgan fingerprint density at radius 2 is 0.766 bits per heavy atom. The second kappa shape index (κ2) is 14.7. The standard InChI is InChI=1S/C62H42N2/c1-4-16-41(17-5-1)42-28-33-47(34-29-42)63(48-35-30-43(31-36-48)45-32-38-57-55(40-45)50-22-14-15-27-56(50)64(57)46-20-8-3-9-21-46)58-39-37-49(44-18-6-2-7-19-44)61-59-51-23-10-12-25-53(51)60(62(58)61)54-26-13-11-24-52(54)59/h1-40,59-60H. The lowest BCUT2D eigenvalue weighted by atomic mass is 9.59. The van der Waals surface area contributed by atoms with Crippen LogP contribution in [0.5, 0.6) is 0 Å². The van der Waals surface area contributed by atoms with Crippen molar-refractivity contribution in [3.8, 4) is 39.1 Å². The first-order chi connectivity index (χ1) is 31.8. The van der Waals surface area contributed by atoms with Gasteiger partial charge in [-0.1, -0.05) is 182 Å². The van der Waals surface area contributed by atoms with E-state index >= 15 is 0 Å². The van der Waals surface area contributed by atoms with Gasteiger partial charge in [-0.05, 0) is 127 Å². The highest BCUT2D eigenvalue weighted by molar-refractivity contribution is 6.10. The summed E-state index contributed by atoms with van der Waals surface area (Å²) in [6, 6.07) is 89.6. The predicted molar refractivity (Wildman–Crippen MR) is 267 cm³/mol. The van der Waals surface area contributed by atoms with Crippen molar-refractivity contribution in [1.82, 2.24) is 4.57 Å². The third-order valence-corrected chi connectivity index (χ3v) is 13.8. The Hall–Kier alpha value is -8.20. The predicted octanol–water partition coefficient (Wildman–Crippen LogP) is 16.2. The summed E-state index contributed by atoms with van der Waals surface area (Å²) in [5, 5.41) is 2.51. The van der Waals surface area contributed by atoms with Gasteiger partial charge in [0.25, 0.3) is 0 Å². The monoisotopic (exact) mass is 814 g/mol. The molecule has 0 amide bonds. The minimum atomic E-state index is 0.0844. The minimum absolute atomic E-state index is 0.0844. The van der Waals surface area contributed by atoms with E-state index in [0.29, 0.717) is 0 Å². The lowest BCUT2D eigenvalue weighted by molar-refractivity contribution is 0.755. The van der Waals surface area contributed by atoms with Gasteiger partial charge in [-0.3, -0.25) is 0 Å². The normalized spacial score (nSPS) is 14.6. The quantitative estimate of drug-likeness (QED) is 0.156. The maximum atomic E-state index is 2.51. The summed E-state index contributed by atoms with van der Waals surface area (Å²) in [6.45, 7) is 0. The van der Waals surface area contributed by atoms with Crippen LogP contribution in [-0.2, 0) is 0 Å². The van der Waals surface area contributed by atoms with Crippen molar-refractivity contribution in [3.63, 3.8) is 0 Å². The van der Waals surface area contributed by atoms with E-state index < -0.39 is 0 Å². The van der Waals surface area contributed by atoms with Gasteiger partial charge >= 0.3 is 0 Å². The molecule has 2 bridgehead atoms. The van der Waals surface area contributed by atoms with E-state index in [1.165, 1.54) is 99.9 Å². The molecule has 0 spiro atoms. The van der Waals surface area contributed by atoms with E-state index in [-0.39, 0.29) is 11.8 Å². The first-order valence-corrected chi connectivity index (χ1v) is 22.3. The van der Waals surface area contributed by atoms with E-state index in [9.17, 15) is 0 Å². The average Bonchev–Trinajstić information content (AvgIpc) is 3.71. The Morgan fingerprint density at radius 3 is 1.38 bits per heavy atom. The van der Waals surface area contributed by atoms with Crippen LogP contribution in [0.4, 0.5) is 17.1 Å². The molecule has 2 nitrogen and oxygen atoms in total. The Balaban J connectivity index is 0.998. The maximum absolute atomic E-state index is 2.51. The van der Waals surface area contributed by atoms with Gasteiger partial charge in [0.1, 0.15) is 0 Å². The third-order valence-electron chi connectivity index (χ3n) is 13.8. The highest BCUT2D eigenvalue weighted by Crippen LogP contribution is 2.61. The number of benzene rings is 10. The zero-order valence-corrected chi connectivity index (χ0v) is 35.1. The molecule has 64 heavy (non-hydrogen) atoms. The largest absolute Gasteiger partial charge is 0.310 e. The number of fused-ring (bicyclic) bond motifs is 3. The molecule has 0 unspecified atom stereocenters. The van der Waals surface area contributed by atoms with Crippen molar-refractivity contribution in [2.75, 3.05) is 4.90 Å². The number of aromatic nitrogens is 1. The first kappa shape index (κ1) is 36.5. The van der Waals surface area contributed by atoms with Crippen molar-refractivity contribution >= 4 is 38.9 Å². The zero-order valence-electron chi connectivity index (χ0n) is 35.1. The van der Waals surface area contributed by atoms with E-state index in [1.54, 1.807) is 0 Å². The molecule has 1 aromatic heterocycles. The van der Waals surface area contributed by atoms with Crippen molar-refractivity contribution in [2.24, 2.45) is 0 Å². The summed E-state index contributed by atoms with van der Waals surface area (Å²) < 4.78 is 2.38. The van der Waals surface area contributed by atoms with E-state index in [0.717, 1.165) is 11.4 Å². The molecule has 3 aliphatic carbocycles. The molecular weight excluding hydrogens is 773 g/mol. The number of rotatable bonds is 7. The van der Waals surface area contributed by atoms with Gasteiger partial charge in [-0.2, -0.15) is 0 Å². The van der Waals surface area contributed by atoms with Crippen LogP contribution in [0.1, 0.15) is 45.2 Å². The lowest BCUT2D eigenvalue weighted by Gasteiger charge is -2.45. The molecule has 0 saturated carbocycles. The zero-order chi connectivity index (χ0) is 42.1. The third kappa shape index (κ3) is 5.66. The highest BCUT2D eigenvalue weighted by atomic mass is 15.1. The van der Waals surface area contributed by atoms with Gasteiger partial charge in [-0.25, -0.2) is 0 Å². The number of hydrogen-bond donors (Lipinski definition) is 0. The molecular formula is C62H42N2. The number of para-hydroxylation sites is 2. The summed E-state index contributed by atoms with van der Waals surface area (Å²) in [6.07, 6.45) is 0. The molecule has 0 radical (unpaired) electrons. The molecule has 10 aromatic carbocycles. The smallest absolute Gasteiger partial charge is 0.0541 e. The van der Waals surface area contributed by atoms with Crippen molar-refractivity contribution in [2.45, 2.75) is 11.8 Å². The van der Waals surface area contributed by atoms with Crippen molar-refractivity contribution in [3.05, 3.63) is 276 Å². The van der Waals surface area contributed by atoms with Gasteiger partial charge in [0.05, 0.1) is 16.7 Å². The maximum Gasteiger partial charge on any atom is 0.0541 e. The molecule has 300 valence electrons. The topological polar surface area (TPSA) is 8.17 Å². The molecule has 14 rings (SSSR count). The fourth-order valence-electron chi connectivity index (χ4n) is 11.0. The molecule has 2 heteroatoms. The lowest BCUT2D eigenvalue weighted by Crippen LogP contribution is -2.30. The van der Waals surface area contributed by atoms with Gasteiger partial charge in [0, 0.05) is 39.7 Å². The molecule has 0 fully saturated rings. The number of anilines is 3. The SMILES string of the molecule is c1ccc(-c2ccc(N(c3ccc(-c4ccc5c(c4)c4ccccc4n5-c4ccccc4)cc3)c3ccc(-c4ccccc4)c4c3C3c5ccccc5C4c4ccccc43)cc2)cc1. The summed E-state index contributed by atoms with van der Waals surface area (Å²) >= 11 is 0. The van der Waals surface area contributed by atoms with Crippen LogP contribution >= 0.6 is 0 Å². The van der Waals surface area contributed by atoms with Crippen LogP contribution in [0.2, 0.25) is 0 Å². The number of hydrogen-bond acceptors (Lipinski definition) is 1. The summed E-state index contributed by atoms with van der Waals surface area (Å²) in [4.78, 5) is 2.51. The van der Waals surface area contributed by atoms with E-state index in [2.05, 4.69) is 252 Å². The van der Waals surface area contributed by atoms with Crippen LogP contribution in [0.15, 0.2) is 243 Å². The molecule has 1 heterocycles. The molecule has 0 atom stereocenters. The number of nitrogens with zero attached hydrogens (tertiary/aromatic N) is 2. The Bertz CT molecular complexity index is 3480. The minimum Gasteiger partial charge on any atom is -0.310 e. The van der Waals surface area contributed by atoms with Crippen molar-refractivity contribution in [1.29, 1.82) is 0 Å². The fraction of sp³-hybridized carbons (Fsp3) is 0.0323. The fourth-order valence-corrected chi connectivity index (χ4v) is 11.0. The second-order valence-corrected chi connectivity index (χ2v) is 17.2. The Morgan fingerprint density at radius 1 is 0.312 bits per heavy atom. The Kier molecular flexibility index (Phi) is 8.39. The molecule has 0 aliphatic heterocycles. The Labute approximate surface area is 373 Å². The molecule has 0 N–H and O–H groups in total. The van der Waals surface area contributed by atoms with Crippen LogP contribution in [0.25, 0.3) is 60.9 Å². The van der Waals surface area contributed by atoms with Gasteiger partial charge in [0.2, 0.25) is 0 Å². The van der Waals surface area contributed by atoms with Gasteiger partial charge < -0.3 is 9.47 Å². The first-order valence-electron chi connectivity index (χ1n) is 22.3. The molecule has 11 aromatic rings. The van der Waals surface area contributed by atoms with Gasteiger partial charge in [0.15, 0.2) is 0 Å². The molecule has 0 saturated heterocycles. The van der Waals surface area contributed by atoms with Crippen LogP contribution in [0.3, 0.4) is 0 Å². The summed E-state index contributed by atoms with van der Waals surface area (Å²) in [5.74, 6) is 0.205. The van der Waals surface area contributed by atoms with Gasteiger partial charge in [-0.15, -0.1) is 0 Å². The second-order valence-electron chi connectivity index (χ2n) is 17.2. The highest BCUT2D eigenvalue weighted by Gasteiger charge is 2.44. The van der Waals surface area contributed by atoms with Crippen LogP contribution in [0, 0.1) is 0 Å². The molecule has 3 aliphatic rings. The summed E-state index contributed by atoms with van der Waals surface area (Å²) in [7, 11) is 0. The van der Waals surface area contributed by atoms with E-state index in [4.69, 9.17) is 0 Å². The van der Waals surface area contributed by atoms with E-state index in [1.807, 2.05) is 0 Å². The summed E-state index contributed by atoms with van der Waals surface area (Å²) in [5.41, 5.74) is 22.8. The van der Waals surface area contributed by atoms with Crippen LogP contribution < -0.4 is 4.90 Å². The van der Waals surface area contributed by atoms with Crippen LogP contribution in [-0.4, -0.2) is 4.57 Å². The van der Waals surface area contributed by atoms with Crippen molar-refractivity contribution < 1.29 is 0 Å².